The zero-order chi connectivity index (χ0) is 15.8. The molecule has 0 aromatic rings. The molecule has 134 valence electrons. The van der Waals surface area contributed by atoms with Crippen LogP contribution < -0.4 is 10.6 Å². The lowest BCUT2D eigenvalue weighted by Crippen LogP contribution is -2.37. The molecule has 0 bridgehead atoms. The predicted molar refractivity (Wildman–Crippen MR) is 114 cm³/mol. The van der Waals surface area contributed by atoms with Crippen LogP contribution >= 0.6 is 35.7 Å². The first-order valence-electron chi connectivity index (χ1n) is 8.51. The number of aliphatic imine (C=N–C) groups is 1. The number of rotatable bonds is 13. The van der Waals surface area contributed by atoms with Gasteiger partial charge in [-0.25, -0.2) is 0 Å². The summed E-state index contributed by atoms with van der Waals surface area (Å²) in [6.45, 7) is 12.9. The van der Waals surface area contributed by atoms with Gasteiger partial charge < -0.3 is 15.5 Å². The number of thioether (sulfide) groups is 1. The van der Waals surface area contributed by atoms with Gasteiger partial charge in [0.15, 0.2) is 5.96 Å². The Labute approximate surface area is 159 Å². The SMILES string of the molecule is CCNC(=NCCCCN(CC)CC)NCCCCSC.I. The van der Waals surface area contributed by atoms with Crippen molar-refractivity contribution in [3.8, 4) is 0 Å². The Hall–Kier alpha value is 0.310. The van der Waals surface area contributed by atoms with Crippen LogP contribution in [-0.4, -0.2) is 62.1 Å². The highest BCUT2D eigenvalue weighted by Gasteiger charge is 1.99. The lowest BCUT2D eigenvalue weighted by molar-refractivity contribution is 0.297. The van der Waals surface area contributed by atoms with Gasteiger partial charge in [0, 0.05) is 19.6 Å². The molecule has 6 heteroatoms. The average molecular weight is 444 g/mol. The van der Waals surface area contributed by atoms with Gasteiger partial charge in [0.05, 0.1) is 0 Å². The van der Waals surface area contributed by atoms with Crippen LogP contribution in [0.1, 0.15) is 46.5 Å². The van der Waals surface area contributed by atoms with Crippen LogP contribution in [0.2, 0.25) is 0 Å². The van der Waals surface area contributed by atoms with Crippen molar-refractivity contribution in [3.63, 3.8) is 0 Å². The minimum atomic E-state index is 0. The second kappa shape index (κ2) is 19.4. The molecular weight excluding hydrogens is 407 g/mol. The molecule has 0 heterocycles. The summed E-state index contributed by atoms with van der Waals surface area (Å²) in [5, 5.41) is 6.74. The molecule has 0 radical (unpaired) electrons. The second-order valence-corrected chi connectivity index (χ2v) is 6.11. The van der Waals surface area contributed by atoms with Gasteiger partial charge in [-0.1, -0.05) is 13.8 Å². The van der Waals surface area contributed by atoms with E-state index in [1.165, 1.54) is 38.0 Å². The molecule has 0 saturated heterocycles. The van der Waals surface area contributed by atoms with Crippen molar-refractivity contribution in [2.45, 2.75) is 46.5 Å². The minimum absolute atomic E-state index is 0. The quantitative estimate of drug-likeness (QED) is 0.198. The summed E-state index contributed by atoms with van der Waals surface area (Å²) < 4.78 is 0. The van der Waals surface area contributed by atoms with Gasteiger partial charge in [0.1, 0.15) is 0 Å². The van der Waals surface area contributed by atoms with Crippen LogP contribution in [0.5, 0.6) is 0 Å². The van der Waals surface area contributed by atoms with Gasteiger partial charge in [0.2, 0.25) is 0 Å². The van der Waals surface area contributed by atoms with E-state index in [0.29, 0.717) is 0 Å². The molecule has 0 aliphatic rings. The Bertz CT molecular complexity index is 248. The molecule has 0 fully saturated rings. The Morgan fingerprint density at radius 2 is 1.73 bits per heavy atom. The molecule has 0 aromatic heterocycles. The van der Waals surface area contributed by atoms with Gasteiger partial charge in [-0.2, -0.15) is 11.8 Å². The molecule has 0 aromatic carbocycles. The van der Waals surface area contributed by atoms with Crippen LogP contribution in [-0.2, 0) is 0 Å². The topological polar surface area (TPSA) is 39.7 Å². The van der Waals surface area contributed by atoms with Crippen molar-refractivity contribution >= 4 is 41.7 Å². The van der Waals surface area contributed by atoms with E-state index in [2.05, 4.69) is 47.6 Å². The number of halogens is 1. The highest BCUT2D eigenvalue weighted by Crippen LogP contribution is 1.98. The number of nitrogens with zero attached hydrogens (tertiary/aromatic N) is 2. The smallest absolute Gasteiger partial charge is 0.191 e. The van der Waals surface area contributed by atoms with E-state index in [4.69, 9.17) is 0 Å². The molecule has 0 atom stereocenters. The highest BCUT2D eigenvalue weighted by atomic mass is 127. The van der Waals surface area contributed by atoms with Gasteiger partial charge in [-0.3, -0.25) is 4.99 Å². The third kappa shape index (κ3) is 15.2. The van der Waals surface area contributed by atoms with E-state index in [0.717, 1.165) is 38.7 Å². The number of nitrogens with one attached hydrogen (secondary N) is 2. The fraction of sp³-hybridized carbons (Fsp3) is 0.938. The minimum Gasteiger partial charge on any atom is -0.357 e. The molecule has 22 heavy (non-hydrogen) atoms. The number of guanidine groups is 1. The number of hydrogen-bond acceptors (Lipinski definition) is 3. The van der Waals surface area contributed by atoms with Crippen molar-refractivity contribution in [1.82, 2.24) is 15.5 Å². The number of hydrogen-bond donors (Lipinski definition) is 2. The number of unbranched alkanes of at least 4 members (excludes halogenated alkanes) is 2. The molecule has 0 rings (SSSR count). The highest BCUT2D eigenvalue weighted by molar-refractivity contribution is 14.0. The normalized spacial score (nSPS) is 11.4. The second-order valence-electron chi connectivity index (χ2n) is 5.12. The van der Waals surface area contributed by atoms with Crippen LogP contribution in [0.4, 0.5) is 0 Å². The Kier molecular flexibility index (Phi) is 21.6. The van der Waals surface area contributed by atoms with Crippen LogP contribution in [0.25, 0.3) is 0 Å². The van der Waals surface area contributed by atoms with E-state index < -0.39 is 0 Å². The van der Waals surface area contributed by atoms with Crippen LogP contribution in [0.3, 0.4) is 0 Å². The molecule has 0 aliphatic heterocycles. The first-order chi connectivity index (χ1) is 10.3. The maximum Gasteiger partial charge on any atom is 0.191 e. The summed E-state index contributed by atoms with van der Waals surface area (Å²) in [6, 6.07) is 0. The van der Waals surface area contributed by atoms with Gasteiger partial charge >= 0.3 is 0 Å². The van der Waals surface area contributed by atoms with Crippen LogP contribution in [0, 0.1) is 0 Å². The standard InChI is InChI=1S/C16H36N4S.HI/c1-5-17-16(19-13-9-11-15-21-4)18-12-8-10-14-20(6-2)7-3;/h5-15H2,1-4H3,(H2,17,18,19);1H. The first kappa shape index (κ1) is 24.6. The molecule has 0 spiro atoms. The molecule has 0 saturated carbocycles. The maximum atomic E-state index is 4.65. The van der Waals surface area contributed by atoms with Crippen molar-refractivity contribution < 1.29 is 0 Å². The van der Waals surface area contributed by atoms with Crippen molar-refractivity contribution in [2.75, 3.05) is 51.3 Å². The summed E-state index contributed by atoms with van der Waals surface area (Å²) in [5.74, 6) is 2.23. The Morgan fingerprint density at radius 3 is 2.32 bits per heavy atom. The summed E-state index contributed by atoms with van der Waals surface area (Å²) in [5.41, 5.74) is 0. The van der Waals surface area contributed by atoms with Crippen molar-refractivity contribution in [1.29, 1.82) is 0 Å². The summed E-state index contributed by atoms with van der Waals surface area (Å²) in [6.07, 6.45) is 7.06. The Balaban J connectivity index is 0. The monoisotopic (exact) mass is 444 g/mol. The van der Waals surface area contributed by atoms with Crippen LogP contribution in [0.15, 0.2) is 4.99 Å². The zero-order valence-corrected chi connectivity index (χ0v) is 18.1. The largest absolute Gasteiger partial charge is 0.357 e. The average Bonchev–Trinajstić information content (AvgIpc) is 2.50. The van der Waals surface area contributed by atoms with Gasteiger partial charge in [0.25, 0.3) is 0 Å². The van der Waals surface area contributed by atoms with Crippen molar-refractivity contribution in [2.24, 2.45) is 4.99 Å². The fourth-order valence-corrected chi connectivity index (χ4v) is 2.59. The zero-order valence-electron chi connectivity index (χ0n) is 15.0. The molecular formula is C16H37IN4S. The van der Waals surface area contributed by atoms with E-state index in [1.54, 1.807) is 0 Å². The third-order valence-electron chi connectivity index (χ3n) is 3.46. The summed E-state index contributed by atoms with van der Waals surface area (Å²) in [7, 11) is 0. The Morgan fingerprint density at radius 1 is 1.00 bits per heavy atom. The fourth-order valence-electron chi connectivity index (χ4n) is 2.10. The lowest BCUT2D eigenvalue weighted by atomic mass is 10.3. The lowest BCUT2D eigenvalue weighted by Gasteiger charge is -2.17. The summed E-state index contributed by atoms with van der Waals surface area (Å²) in [4.78, 5) is 7.12. The molecule has 2 N–H and O–H groups in total. The molecule has 0 amide bonds. The van der Waals surface area contributed by atoms with Gasteiger partial charge in [-0.15, -0.1) is 24.0 Å². The van der Waals surface area contributed by atoms with E-state index >= 15 is 0 Å². The van der Waals surface area contributed by atoms with E-state index in [-0.39, 0.29) is 24.0 Å². The third-order valence-corrected chi connectivity index (χ3v) is 4.16. The van der Waals surface area contributed by atoms with E-state index in [1.807, 2.05) is 11.8 Å². The van der Waals surface area contributed by atoms with Gasteiger partial charge in [-0.05, 0) is 64.2 Å². The molecule has 0 aliphatic carbocycles. The predicted octanol–water partition coefficient (Wildman–Crippen LogP) is 3.42. The summed E-state index contributed by atoms with van der Waals surface area (Å²) >= 11 is 1.92. The maximum absolute atomic E-state index is 4.65. The van der Waals surface area contributed by atoms with Crippen molar-refractivity contribution in [3.05, 3.63) is 0 Å². The molecule has 0 unspecified atom stereocenters. The molecule has 4 nitrogen and oxygen atoms in total. The van der Waals surface area contributed by atoms with E-state index in [9.17, 15) is 0 Å². The first-order valence-corrected chi connectivity index (χ1v) is 9.91.